The number of aliphatic hydroxyl groups excluding tert-OH is 2. The largest absolute Gasteiger partial charge is 0.469 e. The lowest BCUT2D eigenvalue weighted by molar-refractivity contribution is -0.141. The molecule has 0 radical (unpaired) electrons. The average molecular weight is 206 g/mol. The van der Waals surface area contributed by atoms with Crippen molar-refractivity contribution < 1.29 is 24.5 Å². The molecule has 0 aliphatic rings. The molecular formula is C9H18O5. The van der Waals surface area contributed by atoms with Crippen molar-refractivity contribution >= 4 is 5.97 Å². The second-order valence-corrected chi connectivity index (χ2v) is 2.99. The molecule has 0 atom stereocenters. The molecule has 0 saturated heterocycles. The molecule has 0 aliphatic heterocycles. The molecule has 14 heavy (non-hydrogen) atoms. The van der Waals surface area contributed by atoms with Crippen LogP contribution in [0.4, 0.5) is 0 Å². The third-order valence-electron chi connectivity index (χ3n) is 1.77. The van der Waals surface area contributed by atoms with Gasteiger partial charge in [0.2, 0.25) is 0 Å². The Kier molecular flexibility index (Phi) is 8.51. The molecule has 0 bridgehead atoms. The summed E-state index contributed by atoms with van der Waals surface area (Å²) in [6.45, 7) is 0.570. The highest BCUT2D eigenvalue weighted by Gasteiger charge is 2.05. The van der Waals surface area contributed by atoms with Crippen LogP contribution in [-0.4, -0.2) is 49.7 Å². The van der Waals surface area contributed by atoms with Gasteiger partial charge in [-0.2, -0.15) is 0 Å². The highest BCUT2D eigenvalue weighted by molar-refractivity contribution is 5.68. The predicted molar refractivity (Wildman–Crippen MR) is 49.7 cm³/mol. The van der Waals surface area contributed by atoms with Crippen LogP contribution in [0.1, 0.15) is 12.8 Å². The monoisotopic (exact) mass is 206 g/mol. The van der Waals surface area contributed by atoms with Gasteiger partial charge in [0, 0.05) is 18.9 Å². The fourth-order valence-electron chi connectivity index (χ4n) is 0.834. The molecule has 0 fully saturated rings. The summed E-state index contributed by atoms with van der Waals surface area (Å²) in [6.07, 6.45) is 0.926. The maximum Gasteiger partial charge on any atom is 0.305 e. The first kappa shape index (κ1) is 13.4. The van der Waals surface area contributed by atoms with Crippen LogP contribution in [-0.2, 0) is 14.3 Å². The van der Waals surface area contributed by atoms with Crippen molar-refractivity contribution in [2.24, 2.45) is 5.92 Å². The highest BCUT2D eigenvalue weighted by atomic mass is 16.5. The summed E-state index contributed by atoms with van der Waals surface area (Å²) in [5.74, 6) is -0.484. The molecule has 0 amide bonds. The molecule has 0 spiro atoms. The van der Waals surface area contributed by atoms with E-state index >= 15 is 0 Å². The number of rotatable bonds is 8. The zero-order valence-corrected chi connectivity index (χ0v) is 8.44. The van der Waals surface area contributed by atoms with Gasteiger partial charge in [-0.1, -0.05) is 0 Å². The minimum Gasteiger partial charge on any atom is -0.469 e. The Morgan fingerprint density at radius 3 is 2.50 bits per heavy atom. The standard InChI is InChI=1S/C9H18O5/c1-13-9(12)3-2-4-14-7-8(5-10)6-11/h8,10-11H,2-7H2,1H3. The zero-order chi connectivity index (χ0) is 10.8. The van der Waals surface area contributed by atoms with Gasteiger partial charge in [0.25, 0.3) is 0 Å². The number of carbonyl (C=O) groups is 1. The van der Waals surface area contributed by atoms with Crippen molar-refractivity contribution in [1.82, 2.24) is 0 Å². The second kappa shape index (κ2) is 8.93. The van der Waals surface area contributed by atoms with E-state index in [9.17, 15) is 4.79 Å². The van der Waals surface area contributed by atoms with Crippen LogP contribution in [0.5, 0.6) is 0 Å². The van der Waals surface area contributed by atoms with Gasteiger partial charge in [-0.25, -0.2) is 0 Å². The van der Waals surface area contributed by atoms with Crippen LogP contribution in [0, 0.1) is 5.92 Å². The van der Waals surface area contributed by atoms with Gasteiger partial charge in [-0.15, -0.1) is 0 Å². The summed E-state index contributed by atoms with van der Waals surface area (Å²) < 4.78 is 9.59. The Balaban J connectivity index is 3.24. The Morgan fingerprint density at radius 1 is 1.36 bits per heavy atom. The number of aliphatic hydroxyl groups is 2. The molecule has 0 aromatic heterocycles. The molecule has 5 heteroatoms. The number of esters is 1. The van der Waals surface area contributed by atoms with Gasteiger partial charge >= 0.3 is 5.97 Å². The molecule has 2 N–H and O–H groups in total. The third kappa shape index (κ3) is 6.82. The molecule has 0 aliphatic carbocycles. The summed E-state index contributed by atoms with van der Waals surface area (Å²) in [5, 5.41) is 17.4. The van der Waals surface area contributed by atoms with E-state index in [1.165, 1.54) is 7.11 Å². The lowest BCUT2D eigenvalue weighted by atomic mass is 10.2. The van der Waals surface area contributed by atoms with Crippen molar-refractivity contribution in [3.05, 3.63) is 0 Å². The van der Waals surface area contributed by atoms with Crippen molar-refractivity contribution in [1.29, 1.82) is 0 Å². The van der Waals surface area contributed by atoms with Gasteiger partial charge in [0.1, 0.15) is 0 Å². The summed E-state index contributed by atoms with van der Waals surface area (Å²) in [6, 6.07) is 0. The summed E-state index contributed by atoms with van der Waals surface area (Å²) in [4.78, 5) is 10.7. The van der Waals surface area contributed by atoms with E-state index in [2.05, 4.69) is 4.74 Å². The molecule has 0 unspecified atom stereocenters. The molecule has 5 nitrogen and oxygen atoms in total. The molecule has 0 heterocycles. The molecule has 0 rings (SSSR count). The summed E-state index contributed by atoms with van der Waals surface area (Å²) in [5.41, 5.74) is 0. The molecular weight excluding hydrogens is 188 g/mol. The van der Waals surface area contributed by atoms with Crippen LogP contribution >= 0.6 is 0 Å². The topological polar surface area (TPSA) is 76.0 Å². The van der Waals surface area contributed by atoms with E-state index in [4.69, 9.17) is 14.9 Å². The fourth-order valence-corrected chi connectivity index (χ4v) is 0.834. The third-order valence-corrected chi connectivity index (χ3v) is 1.77. The lowest BCUT2D eigenvalue weighted by Gasteiger charge is -2.10. The number of methoxy groups -OCH3 is 1. The minimum absolute atomic E-state index is 0.0898. The van der Waals surface area contributed by atoms with Gasteiger partial charge < -0.3 is 19.7 Å². The number of carbonyl (C=O) groups excluding carboxylic acids is 1. The molecule has 0 aromatic carbocycles. The Labute approximate surface area is 83.6 Å². The van der Waals surface area contributed by atoms with E-state index in [1.807, 2.05) is 0 Å². The summed E-state index contributed by atoms with van der Waals surface area (Å²) >= 11 is 0. The molecule has 0 saturated carbocycles. The van der Waals surface area contributed by atoms with Crippen molar-refractivity contribution in [2.75, 3.05) is 33.5 Å². The number of hydrogen-bond donors (Lipinski definition) is 2. The van der Waals surface area contributed by atoms with E-state index < -0.39 is 0 Å². The first-order valence-electron chi connectivity index (χ1n) is 4.60. The Morgan fingerprint density at radius 2 is 2.00 bits per heavy atom. The van der Waals surface area contributed by atoms with Gasteiger partial charge in [-0.05, 0) is 6.42 Å². The maximum atomic E-state index is 10.7. The summed E-state index contributed by atoms with van der Waals surface area (Å²) in [7, 11) is 1.34. The second-order valence-electron chi connectivity index (χ2n) is 2.99. The Bertz CT molecular complexity index is 144. The zero-order valence-electron chi connectivity index (χ0n) is 8.44. The first-order valence-corrected chi connectivity index (χ1v) is 4.60. The average Bonchev–Trinajstić information content (AvgIpc) is 2.23. The Hall–Kier alpha value is -0.650. The van der Waals surface area contributed by atoms with Crippen molar-refractivity contribution in [3.8, 4) is 0 Å². The van der Waals surface area contributed by atoms with Gasteiger partial charge in [0.15, 0.2) is 0 Å². The first-order chi connectivity index (χ1) is 6.74. The predicted octanol–water partition coefficient (Wildman–Crippen LogP) is -0.443. The van der Waals surface area contributed by atoms with E-state index in [1.54, 1.807) is 0 Å². The van der Waals surface area contributed by atoms with E-state index in [-0.39, 0.29) is 25.1 Å². The quantitative estimate of drug-likeness (QED) is 0.416. The lowest BCUT2D eigenvalue weighted by Crippen LogP contribution is -2.18. The highest BCUT2D eigenvalue weighted by Crippen LogP contribution is 1.97. The van der Waals surface area contributed by atoms with Crippen LogP contribution in [0.15, 0.2) is 0 Å². The number of hydrogen-bond acceptors (Lipinski definition) is 5. The van der Waals surface area contributed by atoms with Gasteiger partial charge in [0.05, 0.1) is 26.9 Å². The van der Waals surface area contributed by atoms with E-state index in [0.29, 0.717) is 26.1 Å². The molecule has 84 valence electrons. The van der Waals surface area contributed by atoms with Crippen LogP contribution < -0.4 is 0 Å². The van der Waals surface area contributed by atoms with Crippen LogP contribution in [0.3, 0.4) is 0 Å². The van der Waals surface area contributed by atoms with Crippen molar-refractivity contribution in [2.45, 2.75) is 12.8 Å². The normalized spacial score (nSPS) is 10.6. The minimum atomic E-state index is -0.255. The SMILES string of the molecule is COC(=O)CCCOCC(CO)CO. The smallest absolute Gasteiger partial charge is 0.305 e. The number of ether oxygens (including phenoxy) is 2. The fraction of sp³-hybridized carbons (Fsp3) is 0.889. The van der Waals surface area contributed by atoms with E-state index in [0.717, 1.165) is 0 Å². The maximum absolute atomic E-state index is 10.7. The van der Waals surface area contributed by atoms with Crippen LogP contribution in [0.25, 0.3) is 0 Å². The van der Waals surface area contributed by atoms with Gasteiger partial charge in [-0.3, -0.25) is 4.79 Å². The van der Waals surface area contributed by atoms with Crippen molar-refractivity contribution in [3.63, 3.8) is 0 Å². The van der Waals surface area contributed by atoms with Crippen LogP contribution in [0.2, 0.25) is 0 Å². The molecule has 0 aromatic rings.